The van der Waals surface area contributed by atoms with E-state index in [0.717, 1.165) is 19.1 Å². The lowest BCUT2D eigenvalue weighted by Gasteiger charge is -2.28. The standard InChI is InChI=1S/C18H24FNO8/c1-10(21)27-14(17(24)28-18(2,3)4)15(20-25-5)26-9-11-6-7-13(19)12(8-11)16(22)23/h6-8,14-15,20H,9H2,1-5H3,(H,22,23). The Morgan fingerprint density at radius 1 is 1.25 bits per heavy atom. The molecule has 2 N–H and O–H groups in total. The molecule has 1 aromatic carbocycles. The number of benzene rings is 1. The molecule has 0 spiro atoms. The summed E-state index contributed by atoms with van der Waals surface area (Å²) in [6.07, 6.45) is -2.78. The summed E-state index contributed by atoms with van der Waals surface area (Å²) in [6.45, 7) is 5.80. The molecule has 28 heavy (non-hydrogen) atoms. The maximum atomic E-state index is 13.5. The monoisotopic (exact) mass is 401 g/mol. The van der Waals surface area contributed by atoms with Gasteiger partial charge in [-0.25, -0.2) is 14.0 Å². The number of hydrogen-bond donors (Lipinski definition) is 2. The Kier molecular flexibility index (Phi) is 8.48. The molecule has 2 atom stereocenters. The number of ether oxygens (including phenoxy) is 3. The van der Waals surface area contributed by atoms with Crippen molar-refractivity contribution < 1.29 is 42.9 Å². The Morgan fingerprint density at radius 2 is 1.89 bits per heavy atom. The van der Waals surface area contributed by atoms with Crippen molar-refractivity contribution in [2.75, 3.05) is 7.11 Å². The van der Waals surface area contributed by atoms with Gasteiger partial charge in [0.15, 0.2) is 6.23 Å². The predicted molar refractivity (Wildman–Crippen MR) is 93.5 cm³/mol. The van der Waals surface area contributed by atoms with Crippen molar-refractivity contribution in [1.29, 1.82) is 0 Å². The second-order valence-electron chi connectivity index (χ2n) is 6.74. The third-order valence-electron chi connectivity index (χ3n) is 3.13. The Bertz CT molecular complexity index is 716. The van der Waals surface area contributed by atoms with E-state index in [-0.39, 0.29) is 6.61 Å². The van der Waals surface area contributed by atoms with Crippen LogP contribution in [0.3, 0.4) is 0 Å². The summed E-state index contributed by atoms with van der Waals surface area (Å²) in [5.74, 6) is -3.95. The molecule has 0 heterocycles. The van der Waals surface area contributed by atoms with Crippen molar-refractivity contribution in [3.63, 3.8) is 0 Å². The van der Waals surface area contributed by atoms with E-state index in [0.29, 0.717) is 5.56 Å². The third-order valence-corrected chi connectivity index (χ3v) is 3.13. The van der Waals surface area contributed by atoms with Gasteiger partial charge in [0, 0.05) is 6.92 Å². The first-order valence-electron chi connectivity index (χ1n) is 8.26. The number of esters is 2. The van der Waals surface area contributed by atoms with Crippen LogP contribution >= 0.6 is 0 Å². The number of aromatic carboxylic acids is 1. The number of hydrogen-bond acceptors (Lipinski definition) is 8. The van der Waals surface area contributed by atoms with Crippen LogP contribution in [0.1, 0.15) is 43.6 Å². The van der Waals surface area contributed by atoms with Crippen LogP contribution in [0.5, 0.6) is 0 Å². The first-order chi connectivity index (χ1) is 12.9. The summed E-state index contributed by atoms with van der Waals surface area (Å²) < 4.78 is 29.2. The third kappa shape index (κ3) is 7.59. The lowest BCUT2D eigenvalue weighted by Crippen LogP contribution is -2.50. The first-order valence-corrected chi connectivity index (χ1v) is 8.26. The van der Waals surface area contributed by atoms with Crippen LogP contribution in [0.15, 0.2) is 18.2 Å². The van der Waals surface area contributed by atoms with Gasteiger partial charge in [0.2, 0.25) is 6.10 Å². The molecule has 0 saturated carbocycles. The number of halogens is 1. The summed E-state index contributed by atoms with van der Waals surface area (Å²) in [5, 5.41) is 8.99. The molecule has 1 rings (SSSR count). The highest BCUT2D eigenvalue weighted by Crippen LogP contribution is 2.16. The predicted octanol–water partition coefficient (Wildman–Crippen LogP) is 1.79. The van der Waals surface area contributed by atoms with Gasteiger partial charge in [0.1, 0.15) is 11.4 Å². The lowest BCUT2D eigenvalue weighted by atomic mass is 10.1. The maximum Gasteiger partial charge on any atom is 0.352 e. The van der Waals surface area contributed by atoms with E-state index in [1.54, 1.807) is 20.8 Å². The second kappa shape index (κ2) is 10.1. The minimum Gasteiger partial charge on any atom is -0.478 e. The van der Waals surface area contributed by atoms with E-state index in [1.165, 1.54) is 13.2 Å². The number of hydroxylamine groups is 1. The summed E-state index contributed by atoms with van der Waals surface area (Å²) in [7, 11) is 1.26. The van der Waals surface area contributed by atoms with Crippen molar-refractivity contribution in [1.82, 2.24) is 5.48 Å². The van der Waals surface area contributed by atoms with Gasteiger partial charge in [-0.1, -0.05) is 6.07 Å². The van der Waals surface area contributed by atoms with Crippen molar-refractivity contribution in [3.05, 3.63) is 35.1 Å². The number of carbonyl (C=O) groups excluding carboxylic acids is 2. The zero-order valence-electron chi connectivity index (χ0n) is 16.3. The molecule has 0 aliphatic carbocycles. The first kappa shape index (κ1) is 23.5. The molecule has 0 aliphatic rings. The summed E-state index contributed by atoms with van der Waals surface area (Å²) >= 11 is 0. The van der Waals surface area contributed by atoms with E-state index in [4.69, 9.17) is 24.2 Å². The number of carboxylic acids is 1. The summed E-state index contributed by atoms with van der Waals surface area (Å²) in [4.78, 5) is 39.6. The summed E-state index contributed by atoms with van der Waals surface area (Å²) in [6, 6.07) is 3.40. The molecule has 10 heteroatoms. The summed E-state index contributed by atoms with van der Waals surface area (Å²) in [5.41, 5.74) is 1.32. The molecular formula is C18H24FNO8. The number of nitrogens with one attached hydrogen (secondary N) is 1. The van der Waals surface area contributed by atoms with Crippen molar-refractivity contribution >= 4 is 17.9 Å². The van der Waals surface area contributed by atoms with Gasteiger partial charge in [-0.05, 0) is 38.5 Å². The normalized spacial score (nSPS) is 13.5. The van der Waals surface area contributed by atoms with E-state index in [2.05, 4.69) is 5.48 Å². The van der Waals surface area contributed by atoms with Crippen molar-refractivity contribution in [2.24, 2.45) is 0 Å². The van der Waals surface area contributed by atoms with Gasteiger partial charge in [0.05, 0.1) is 19.3 Å². The molecule has 0 bridgehead atoms. The molecule has 2 unspecified atom stereocenters. The van der Waals surface area contributed by atoms with Crippen LogP contribution in [-0.2, 0) is 35.2 Å². The van der Waals surface area contributed by atoms with Gasteiger partial charge < -0.3 is 24.2 Å². The van der Waals surface area contributed by atoms with E-state index in [9.17, 15) is 18.8 Å². The van der Waals surface area contributed by atoms with Gasteiger partial charge in [0.25, 0.3) is 0 Å². The van der Waals surface area contributed by atoms with E-state index in [1.807, 2.05) is 0 Å². The highest BCUT2D eigenvalue weighted by molar-refractivity contribution is 5.88. The molecule has 0 saturated heterocycles. The number of carboxylic acid groups (broad SMARTS) is 1. The van der Waals surface area contributed by atoms with Crippen molar-refractivity contribution in [2.45, 2.75) is 52.2 Å². The van der Waals surface area contributed by atoms with Gasteiger partial charge in [-0.3, -0.25) is 4.79 Å². The van der Waals surface area contributed by atoms with Crippen LogP contribution in [0.4, 0.5) is 4.39 Å². The van der Waals surface area contributed by atoms with Gasteiger partial charge in [-0.15, -0.1) is 0 Å². The number of carbonyl (C=O) groups is 3. The molecule has 9 nitrogen and oxygen atoms in total. The maximum absolute atomic E-state index is 13.5. The lowest BCUT2D eigenvalue weighted by molar-refractivity contribution is -0.198. The van der Waals surface area contributed by atoms with Gasteiger partial charge in [-0.2, -0.15) is 5.48 Å². The minimum atomic E-state index is -1.50. The smallest absolute Gasteiger partial charge is 0.352 e. The minimum absolute atomic E-state index is 0.234. The average Bonchev–Trinajstić information content (AvgIpc) is 2.55. The number of rotatable bonds is 9. The Labute approximate surface area is 161 Å². The second-order valence-corrected chi connectivity index (χ2v) is 6.74. The topological polar surface area (TPSA) is 120 Å². The van der Waals surface area contributed by atoms with Gasteiger partial charge >= 0.3 is 17.9 Å². The zero-order chi connectivity index (χ0) is 21.5. The fraction of sp³-hybridized carbons (Fsp3) is 0.500. The van der Waals surface area contributed by atoms with Crippen LogP contribution in [-0.4, -0.2) is 48.1 Å². The molecule has 0 radical (unpaired) electrons. The average molecular weight is 401 g/mol. The van der Waals surface area contributed by atoms with Crippen LogP contribution < -0.4 is 5.48 Å². The molecule has 0 amide bonds. The largest absolute Gasteiger partial charge is 0.478 e. The molecular weight excluding hydrogens is 377 g/mol. The molecule has 1 aromatic rings. The quantitative estimate of drug-likeness (QED) is 0.362. The van der Waals surface area contributed by atoms with Crippen LogP contribution in [0, 0.1) is 5.82 Å². The zero-order valence-corrected chi connectivity index (χ0v) is 16.3. The Balaban J connectivity index is 3.01. The van der Waals surface area contributed by atoms with E-state index < -0.39 is 47.2 Å². The van der Waals surface area contributed by atoms with Crippen LogP contribution in [0.25, 0.3) is 0 Å². The SMILES string of the molecule is CONC(OCc1ccc(F)c(C(=O)O)c1)C(OC(C)=O)C(=O)OC(C)(C)C. The van der Waals surface area contributed by atoms with Crippen molar-refractivity contribution in [3.8, 4) is 0 Å². The molecule has 0 aliphatic heterocycles. The highest BCUT2D eigenvalue weighted by atomic mass is 19.1. The fourth-order valence-electron chi connectivity index (χ4n) is 2.08. The Hall–Kier alpha value is -2.56. The molecule has 0 aromatic heterocycles. The highest BCUT2D eigenvalue weighted by Gasteiger charge is 2.36. The van der Waals surface area contributed by atoms with E-state index >= 15 is 0 Å². The Morgan fingerprint density at radius 3 is 2.39 bits per heavy atom. The molecule has 0 fully saturated rings. The van der Waals surface area contributed by atoms with Crippen LogP contribution in [0.2, 0.25) is 0 Å². The fourth-order valence-corrected chi connectivity index (χ4v) is 2.08. The molecule has 156 valence electrons.